The van der Waals surface area contributed by atoms with Crippen LogP contribution in [0.1, 0.15) is 134 Å². The van der Waals surface area contributed by atoms with Crippen LogP contribution in [0.5, 0.6) is 23.0 Å². The lowest BCUT2D eigenvalue weighted by molar-refractivity contribution is -0.310. The summed E-state index contributed by atoms with van der Waals surface area (Å²) < 4.78 is 167. The predicted octanol–water partition coefficient (Wildman–Crippen LogP) is -1.23. The minimum atomic E-state index is -1.59. The molecule has 0 aliphatic carbocycles. The van der Waals surface area contributed by atoms with Crippen molar-refractivity contribution in [1.29, 1.82) is 0 Å². The fourth-order valence-electron chi connectivity index (χ4n) is 14.0. The molecule has 4 aliphatic rings. The molecule has 4 fully saturated rings. The van der Waals surface area contributed by atoms with Crippen LogP contribution in [0.15, 0.2) is 36.9 Å². The van der Waals surface area contributed by atoms with Crippen LogP contribution < -0.4 is 18.9 Å². The van der Waals surface area contributed by atoms with Gasteiger partial charge in [0.1, 0.15) is 100 Å². The second-order valence-corrected chi connectivity index (χ2v) is 30.5. The molecule has 8 heterocycles. The minimum Gasteiger partial charge on any atom is -0.488 e. The van der Waals surface area contributed by atoms with Crippen LogP contribution >= 0.6 is 0 Å². The Bertz CT molecular complexity index is 4450. The van der Waals surface area contributed by atoms with Gasteiger partial charge in [0.2, 0.25) is 0 Å². The molecule has 0 amide bonds. The summed E-state index contributed by atoms with van der Waals surface area (Å²) in [5.41, 5.74) is 0.558. The van der Waals surface area contributed by atoms with Gasteiger partial charge >= 0.3 is 95.5 Å². The fourth-order valence-corrected chi connectivity index (χ4v) is 14.0. The Labute approximate surface area is 783 Å². The summed E-state index contributed by atoms with van der Waals surface area (Å²) in [7, 11) is 0. The molecule has 0 spiro atoms. The third-order valence-electron chi connectivity index (χ3n) is 19.0. The van der Waals surface area contributed by atoms with E-state index in [9.17, 15) is 76.7 Å². The lowest BCUT2D eigenvalue weighted by Crippen LogP contribution is -2.62. The van der Waals surface area contributed by atoms with Gasteiger partial charge in [-0.3, -0.25) is 76.7 Å². The number of benzene rings is 1. The summed E-state index contributed by atoms with van der Waals surface area (Å²) >= 11 is 0. The maximum atomic E-state index is 12.6. The lowest BCUT2D eigenvalue weighted by atomic mass is 9.98. The van der Waals surface area contributed by atoms with Crippen molar-refractivity contribution in [2.75, 3.05) is 52.9 Å². The molecular formula is C82H106N12O44. The van der Waals surface area contributed by atoms with Crippen molar-refractivity contribution in [2.45, 2.75) is 286 Å². The second kappa shape index (κ2) is 51.9. The topological polar surface area (TPSA) is 654 Å². The van der Waals surface area contributed by atoms with Gasteiger partial charge in [0.15, 0.2) is 121 Å². The van der Waals surface area contributed by atoms with E-state index < -0.39 is 271 Å². The molecule has 0 bridgehead atoms. The zero-order chi connectivity index (χ0) is 101. The van der Waals surface area contributed by atoms with Crippen LogP contribution in [0.25, 0.3) is 0 Å². The number of nitrogens with zero attached hydrogens (tertiary/aromatic N) is 12. The average Bonchev–Trinajstić information content (AvgIpc) is 1.66. The van der Waals surface area contributed by atoms with Gasteiger partial charge in [-0.1, -0.05) is 20.9 Å². The highest BCUT2D eigenvalue weighted by Crippen LogP contribution is 2.42. The monoisotopic (exact) mass is 1960 g/mol. The Balaban J connectivity index is 1.01. The fraction of sp³-hybridized carbons (Fsp3) is 0.634. The Hall–Kier alpha value is -13.8. The van der Waals surface area contributed by atoms with E-state index in [1.54, 1.807) is 0 Å². The standard InChI is InChI=1S/C82H106N12O44/c1-39(95)115-35-63-67(123-43(5)99)71(127-47(9)103)75(131-51(13)107)79(135-63)119-31-55-27-91(87-83-55)17-21-111-59-25-61(113-23-19-93-29-57(85-89-93)33-121-81-77(133-53(15)109)73(129-49(11)105)69(125-45(7)101)65(137-81)37-117-41(3)97)62(114-24-20-94-30-58(86-90-94)34-122-82-78(134-54(16)110)74(130-50(12)106)70(126-46(8)102)66(138-82)38-118-42(4)98)26-60(59)112-22-18-92-28-56(84-88-92)32-120-80-76(132-52(14)108)72(128-48(10)104)68(124-44(6)100)64(136-80)36-116-40(2)96/h25-30,63-82H,17-24,31-38H2,1-16H3/t63-,64-,65-,66-,67-,68-,69-,70-,71+,72+,73+,74+,75+,76+,77+,78+,79+,80+,81+,82+/m1/s1. The first-order valence-corrected chi connectivity index (χ1v) is 42.5. The normalized spacial score (nSPS) is 24.3. The van der Waals surface area contributed by atoms with E-state index in [4.69, 9.17) is 133 Å². The Morgan fingerprint density at radius 2 is 0.406 bits per heavy atom. The molecule has 1 aromatic carbocycles. The number of hydrogen-bond donors (Lipinski definition) is 0. The van der Waals surface area contributed by atoms with E-state index >= 15 is 0 Å². The van der Waals surface area contributed by atoms with E-state index in [2.05, 4.69) is 41.2 Å². The van der Waals surface area contributed by atoms with Gasteiger partial charge in [0.05, 0.1) is 77.4 Å². The molecule has 4 saturated heterocycles. The lowest BCUT2D eigenvalue weighted by Gasteiger charge is -2.43. The van der Waals surface area contributed by atoms with Crippen molar-refractivity contribution in [1.82, 2.24) is 60.0 Å². The molecule has 4 aliphatic heterocycles. The maximum Gasteiger partial charge on any atom is 0.303 e. The maximum absolute atomic E-state index is 12.6. The number of aromatic nitrogens is 12. The second-order valence-electron chi connectivity index (χ2n) is 30.5. The molecule has 0 saturated carbocycles. The number of rotatable bonds is 48. The van der Waals surface area contributed by atoms with Gasteiger partial charge in [0, 0.05) is 123 Å². The highest BCUT2D eigenvalue weighted by Gasteiger charge is 2.58. The quantitative estimate of drug-likeness (QED) is 0.0325. The van der Waals surface area contributed by atoms with Crippen LogP contribution in [0.2, 0.25) is 0 Å². The third-order valence-corrected chi connectivity index (χ3v) is 19.0. The van der Waals surface area contributed by atoms with Crippen molar-refractivity contribution in [3.05, 3.63) is 59.7 Å². The Kier molecular flexibility index (Phi) is 40.6. The Morgan fingerprint density at radius 1 is 0.239 bits per heavy atom. The molecule has 0 N–H and O–H groups in total. The molecule has 56 heteroatoms. The summed E-state index contributed by atoms with van der Waals surface area (Å²) in [6.45, 7) is 12.0. The first-order chi connectivity index (χ1) is 65.5. The molecule has 138 heavy (non-hydrogen) atoms. The highest BCUT2D eigenvalue weighted by molar-refractivity contribution is 5.73. The van der Waals surface area contributed by atoms with Crippen molar-refractivity contribution in [2.24, 2.45) is 0 Å². The van der Waals surface area contributed by atoms with E-state index in [0.717, 1.165) is 111 Å². The molecule has 9 rings (SSSR count). The Morgan fingerprint density at radius 3 is 0.572 bits per heavy atom. The average molecular weight is 1960 g/mol. The van der Waals surface area contributed by atoms with E-state index in [-0.39, 0.29) is 98.4 Å². The van der Waals surface area contributed by atoms with Crippen molar-refractivity contribution < 1.29 is 209 Å². The highest BCUT2D eigenvalue weighted by atomic mass is 16.8. The molecule has 4 aromatic heterocycles. The van der Waals surface area contributed by atoms with Gasteiger partial charge in [-0.25, -0.2) is 18.7 Å². The van der Waals surface area contributed by atoms with Gasteiger partial charge < -0.3 is 133 Å². The minimum absolute atomic E-state index is 0.0119. The van der Waals surface area contributed by atoms with E-state index in [1.807, 2.05) is 0 Å². The summed E-state index contributed by atoms with van der Waals surface area (Å²) in [6.07, 6.45) is -24.4. The van der Waals surface area contributed by atoms with Crippen LogP contribution in [-0.4, -0.2) is 331 Å². The van der Waals surface area contributed by atoms with Crippen molar-refractivity contribution in [3.63, 3.8) is 0 Å². The molecular weight excluding hydrogens is 1860 g/mol. The molecule has 20 atom stereocenters. The summed E-state index contributed by atoms with van der Waals surface area (Å²) in [4.78, 5) is 198. The van der Waals surface area contributed by atoms with Crippen LogP contribution in [0.4, 0.5) is 0 Å². The van der Waals surface area contributed by atoms with Crippen LogP contribution in [0.3, 0.4) is 0 Å². The number of carbonyl (C=O) groups excluding carboxylic acids is 16. The summed E-state index contributed by atoms with van der Waals surface area (Å²) in [5.74, 6) is -13.5. The zero-order valence-electron chi connectivity index (χ0n) is 77.7. The summed E-state index contributed by atoms with van der Waals surface area (Å²) in [6, 6.07) is 2.84. The number of carbonyl (C=O) groups is 16. The SMILES string of the molecule is CC(=O)OC[C@H]1O[C@H](OCc2cn(CCOc3cc(OCCn4cc(CO[C@H]5O[C@H](COC(C)=O)[C@@H](OC(C)=O)[C@H](OC(C)=O)[C@@H]5OC(C)=O)nn4)c(OCCn4cc(CO[C@H]5O[C@H](COC(C)=O)[C@@H](OC(C)=O)[C@H](OC(C)=O)[C@@H]5OC(C)=O)nn4)cc3OCCn3cc(CO[C@H]4O[C@H](COC(C)=O)[C@@H](OC(C)=O)[C@H](OC(C)=O)[C@@H]4OC(C)=O)nn3)nn2)[C@@H](OC(C)=O)[C@@H](OC(C)=O)[C@@H]1OC(C)=O. The van der Waals surface area contributed by atoms with Gasteiger partial charge in [-0.15, -0.1) is 20.4 Å². The van der Waals surface area contributed by atoms with E-state index in [1.165, 1.54) is 55.6 Å². The van der Waals surface area contributed by atoms with Crippen molar-refractivity contribution in [3.8, 4) is 23.0 Å². The molecule has 5 aromatic rings. The number of hydrogen-bond acceptors (Lipinski definition) is 52. The van der Waals surface area contributed by atoms with Gasteiger partial charge in [-0.2, -0.15) is 0 Å². The smallest absolute Gasteiger partial charge is 0.303 e. The number of esters is 16. The first-order valence-electron chi connectivity index (χ1n) is 42.5. The van der Waals surface area contributed by atoms with Crippen molar-refractivity contribution >= 4 is 95.5 Å². The van der Waals surface area contributed by atoms with Crippen LogP contribution in [0, 0.1) is 0 Å². The molecule has 0 unspecified atom stereocenters. The third kappa shape index (κ3) is 33.9. The summed E-state index contributed by atoms with van der Waals surface area (Å²) in [5, 5.41) is 33.7. The first kappa shape index (κ1) is 108. The molecule has 758 valence electrons. The van der Waals surface area contributed by atoms with Gasteiger partial charge in [0.25, 0.3) is 0 Å². The van der Waals surface area contributed by atoms with Gasteiger partial charge in [-0.05, 0) is 0 Å². The predicted molar refractivity (Wildman–Crippen MR) is 435 cm³/mol. The van der Waals surface area contributed by atoms with Crippen LogP contribution in [-0.2, 0) is 243 Å². The zero-order valence-corrected chi connectivity index (χ0v) is 77.7. The molecule has 0 radical (unpaired) electrons. The number of ether oxygens (including phenoxy) is 28. The van der Waals surface area contributed by atoms with E-state index in [0.29, 0.717) is 0 Å². The molecule has 56 nitrogen and oxygen atoms in total. The largest absolute Gasteiger partial charge is 0.488 e.